The summed E-state index contributed by atoms with van der Waals surface area (Å²) in [6.45, 7) is 11.4. The Labute approximate surface area is 210 Å². The van der Waals surface area contributed by atoms with Gasteiger partial charge in [0, 0.05) is 44.8 Å². The molecule has 0 saturated carbocycles. The van der Waals surface area contributed by atoms with Gasteiger partial charge in [0.15, 0.2) is 0 Å². The number of phenols is 1. The van der Waals surface area contributed by atoms with Gasteiger partial charge in [-0.3, -0.25) is 9.69 Å². The number of rotatable bonds is 8. The van der Waals surface area contributed by atoms with Crippen LogP contribution in [-0.2, 0) is 25.6 Å². The van der Waals surface area contributed by atoms with Gasteiger partial charge in [-0.2, -0.15) is 13.2 Å². The number of likely N-dealkylation sites (N-methyl/N-ethyl adjacent to an activating group) is 1. The first kappa shape index (κ1) is 29.9. The Bertz CT molecular complexity index is 895. The Morgan fingerprint density at radius 3 is 2.53 bits per heavy atom. The number of aromatic hydroxyl groups is 1. The molecule has 2 fully saturated rings. The number of likely N-dealkylation sites (tertiary alicyclic amines) is 1. The number of carbonyl (C=O) groups is 2. The van der Waals surface area contributed by atoms with Crippen molar-refractivity contribution >= 4 is 11.9 Å². The topological polar surface area (TPSA) is 99.5 Å². The second-order valence-electron chi connectivity index (χ2n) is 9.38. The van der Waals surface area contributed by atoms with Gasteiger partial charge in [-0.25, -0.2) is 4.79 Å². The Morgan fingerprint density at radius 1 is 1.28 bits per heavy atom. The van der Waals surface area contributed by atoms with E-state index in [0.29, 0.717) is 43.7 Å². The number of hydrogen-bond donors (Lipinski definition) is 2. The third-order valence-corrected chi connectivity index (χ3v) is 6.71. The highest BCUT2D eigenvalue weighted by molar-refractivity contribution is 5.76. The molecule has 8 nitrogen and oxygen atoms in total. The monoisotopic (exact) mass is 518 g/mol. The van der Waals surface area contributed by atoms with Crippen molar-refractivity contribution in [3.63, 3.8) is 0 Å². The molecule has 0 aliphatic carbocycles. The summed E-state index contributed by atoms with van der Waals surface area (Å²) in [6, 6.07) is 4.10. The number of carbonyl (C=O) groups excluding carboxylic acids is 1. The number of amides is 1. The van der Waals surface area contributed by atoms with E-state index in [2.05, 4.69) is 17.9 Å². The number of carboxylic acids is 1. The smallest absolute Gasteiger partial charge is 0.490 e. The number of ether oxygens (including phenoxy) is 2. The Hall–Kier alpha value is -2.37. The number of carboxylic acid groups (broad SMARTS) is 1. The molecule has 2 heterocycles. The fraction of sp³-hybridized carbons (Fsp3) is 0.680. The number of aryl methyl sites for hydroxylation is 2. The lowest BCUT2D eigenvalue weighted by molar-refractivity contribution is -0.192. The molecule has 2 N–H and O–H groups in total. The minimum absolute atomic E-state index is 0.0286. The summed E-state index contributed by atoms with van der Waals surface area (Å²) in [4.78, 5) is 25.8. The maximum absolute atomic E-state index is 12.7. The minimum atomic E-state index is -5.08. The summed E-state index contributed by atoms with van der Waals surface area (Å²) >= 11 is 0. The first-order chi connectivity index (χ1) is 16.9. The van der Waals surface area contributed by atoms with E-state index in [1.807, 2.05) is 24.8 Å². The van der Waals surface area contributed by atoms with Crippen LogP contribution in [0.5, 0.6) is 5.75 Å². The van der Waals surface area contributed by atoms with Crippen molar-refractivity contribution < 1.29 is 42.4 Å². The molecule has 1 aromatic rings. The van der Waals surface area contributed by atoms with Gasteiger partial charge in [0.2, 0.25) is 5.91 Å². The van der Waals surface area contributed by atoms with Crippen LogP contribution in [0.3, 0.4) is 0 Å². The largest absolute Gasteiger partial charge is 0.507 e. The molecular weight excluding hydrogens is 481 g/mol. The molecule has 3 rings (SSSR count). The lowest BCUT2D eigenvalue weighted by Crippen LogP contribution is -2.42. The summed E-state index contributed by atoms with van der Waals surface area (Å²) in [5.74, 6) is -1.27. The van der Waals surface area contributed by atoms with Crippen molar-refractivity contribution in [3.05, 3.63) is 28.8 Å². The van der Waals surface area contributed by atoms with Gasteiger partial charge in [-0.05, 0) is 45.2 Å². The van der Waals surface area contributed by atoms with Crippen molar-refractivity contribution in [2.75, 3.05) is 46.5 Å². The molecule has 2 aliphatic rings. The van der Waals surface area contributed by atoms with E-state index < -0.39 is 12.1 Å². The summed E-state index contributed by atoms with van der Waals surface area (Å²) in [5.41, 5.74) is 3.12. The van der Waals surface area contributed by atoms with E-state index in [1.54, 1.807) is 7.11 Å². The fourth-order valence-corrected chi connectivity index (χ4v) is 4.89. The van der Waals surface area contributed by atoms with Crippen molar-refractivity contribution in [1.29, 1.82) is 0 Å². The molecule has 2 saturated heterocycles. The number of aliphatic carboxylic acids is 1. The number of phenolic OH excluding ortho intramolecular Hbond substituents is 1. The number of nitrogens with zero attached hydrogens (tertiary/aromatic N) is 2. The summed E-state index contributed by atoms with van der Waals surface area (Å²) in [5, 5.41) is 17.5. The van der Waals surface area contributed by atoms with Crippen molar-refractivity contribution in [1.82, 2.24) is 9.80 Å². The van der Waals surface area contributed by atoms with Gasteiger partial charge in [0.05, 0.1) is 25.7 Å². The first-order valence-corrected chi connectivity index (χ1v) is 12.1. The standard InChI is InChI=1S/C23H36N2O4.C2HF3O2/c1-5-25(8-9-28-4)22(26)12-21-20-6-7-24(14-19(20)15-29-21)13-18-11-16(2)10-17(3)23(18)27;3-2(4,5)1(6)7/h10-11,19-21,27H,5-9,12-15H2,1-4H3;(H,6,7)/t19-,20-,21+;/m1./s1. The Balaban J connectivity index is 0.000000572. The van der Waals surface area contributed by atoms with E-state index in [1.165, 1.54) is 5.56 Å². The van der Waals surface area contributed by atoms with E-state index in [-0.39, 0.29) is 12.0 Å². The zero-order chi connectivity index (χ0) is 27.0. The number of piperidine rings is 1. The second-order valence-corrected chi connectivity index (χ2v) is 9.38. The van der Waals surface area contributed by atoms with Crippen LogP contribution in [0.2, 0.25) is 0 Å². The second kappa shape index (κ2) is 13.3. The zero-order valence-corrected chi connectivity index (χ0v) is 21.3. The molecule has 1 aromatic carbocycles. The summed E-state index contributed by atoms with van der Waals surface area (Å²) in [7, 11) is 1.66. The number of fused-ring (bicyclic) bond motifs is 1. The molecule has 3 atom stereocenters. The molecule has 36 heavy (non-hydrogen) atoms. The molecule has 0 aromatic heterocycles. The molecule has 0 unspecified atom stereocenters. The highest BCUT2D eigenvalue weighted by Gasteiger charge is 2.42. The maximum atomic E-state index is 12.7. The number of benzene rings is 1. The lowest BCUT2D eigenvalue weighted by atomic mass is 9.83. The summed E-state index contributed by atoms with van der Waals surface area (Å²) < 4.78 is 42.9. The van der Waals surface area contributed by atoms with E-state index in [9.17, 15) is 23.1 Å². The van der Waals surface area contributed by atoms with Crippen LogP contribution in [-0.4, -0.2) is 90.7 Å². The number of hydrogen-bond acceptors (Lipinski definition) is 6. The van der Waals surface area contributed by atoms with Crippen LogP contribution in [0.25, 0.3) is 0 Å². The van der Waals surface area contributed by atoms with Crippen LogP contribution >= 0.6 is 0 Å². The highest BCUT2D eigenvalue weighted by Crippen LogP contribution is 2.37. The number of methoxy groups -OCH3 is 1. The third-order valence-electron chi connectivity index (χ3n) is 6.71. The molecule has 1 amide bonds. The fourth-order valence-electron chi connectivity index (χ4n) is 4.89. The van der Waals surface area contributed by atoms with Crippen LogP contribution in [0, 0.1) is 25.7 Å². The quantitative estimate of drug-likeness (QED) is 0.545. The van der Waals surface area contributed by atoms with Crippen molar-refractivity contribution in [3.8, 4) is 5.75 Å². The third kappa shape index (κ3) is 8.35. The van der Waals surface area contributed by atoms with Gasteiger partial charge in [-0.15, -0.1) is 0 Å². The Kier molecular flexibility index (Phi) is 11.0. The van der Waals surface area contributed by atoms with Gasteiger partial charge in [0.1, 0.15) is 5.75 Å². The van der Waals surface area contributed by atoms with Gasteiger partial charge in [0.25, 0.3) is 0 Å². The van der Waals surface area contributed by atoms with Gasteiger partial charge in [-0.1, -0.05) is 17.7 Å². The maximum Gasteiger partial charge on any atom is 0.490 e. The molecule has 204 valence electrons. The predicted molar refractivity (Wildman–Crippen MR) is 127 cm³/mol. The van der Waals surface area contributed by atoms with Gasteiger partial charge >= 0.3 is 12.1 Å². The lowest BCUT2D eigenvalue weighted by Gasteiger charge is -2.36. The average Bonchev–Trinajstić information content (AvgIpc) is 3.19. The van der Waals surface area contributed by atoms with Crippen LogP contribution in [0.1, 0.15) is 36.5 Å². The van der Waals surface area contributed by atoms with Crippen molar-refractivity contribution in [2.45, 2.75) is 52.4 Å². The molecular formula is C25H37F3N2O6. The van der Waals surface area contributed by atoms with Crippen LogP contribution in [0.4, 0.5) is 13.2 Å². The van der Waals surface area contributed by atoms with E-state index >= 15 is 0 Å². The predicted octanol–water partition coefficient (Wildman–Crippen LogP) is 3.36. The van der Waals surface area contributed by atoms with Crippen LogP contribution < -0.4 is 0 Å². The average molecular weight is 519 g/mol. The number of halogens is 3. The molecule has 0 radical (unpaired) electrons. The molecule has 0 spiro atoms. The summed E-state index contributed by atoms with van der Waals surface area (Å²) in [6.07, 6.45) is -3.55. The number of alkyl halides is 3. The van der Waals surface area contributed by atoms with Crippen molar-refractivity contribution in [2.24, 2.45) is 11.8 Å². The normalized spacial score (nSPS) is 21.9. The highest BCUT2D eigenvalue weighted by atomic mass is 19.4. The molecule has 11 heteroatoms. The Morgan fingerprint density at radius 2 is 1.94 bits per heavy atom. The minimum Gasteiger partial charge on any atom is -0.507 e. The first-order valence-electron chi connectivity index (χ1n) is 12.1. The van der Waals surface area contributed by atoms with Crippen LogP contribution in [0.15, 0.2) is 12.1 Å². The molecule has 0 bridgehead atoms. The molecule has 2 aliphatic heterocycles. The van der Waals surface area contributed by atoms with Gasteiger partial charge < -0.3 is 24.6 Å². The van der Waals surface area contributed by atoms with E-state index in [0.717, 1.165) is 43.8 Å². The SMILES string of the molecule is CCN(CCOC)C(=O)C[C@@H]1OC[C@H]2CN(Cc3cc(C)cc(C)c3O)CC[C@H]21.O=C(O)C(F)(F)F. The van der Waals surface area contributed by atoms with E-state index in [4.69, 9.17) is 19.4 Å². The zero-order valence-electron chi connectivity index (χ0n) is 21.3.